The third-order valence-corrected chi connectivity index (χ3v) is 10.4. The summed E-state index contributed by atoms with van der Waals surface area (Å²) in [4.78, 5) is 0. The predicted octanol–water partition coefficient (Wildman–Crippen LogP) is 4.41. The second-order valence-corrected chi connectivity index (χ2v) is 14.7. The average Bonchev–Trinajstić information content (AvgIpc) is 2.29. The Morgan fingerprint density at radius 1 is 1.12 bits per heavy atom. The molecule has 2 rings (SSSR count). The molecule has 0 radical (unpaired) electrons. The van der Waals surface area contributed by atoms with Crippen LogP contribution in [0.25, 0.3) is 0 Å². The van der Waals surface area contributed by atoms with Crippen molar-refractivity contribution in [3.63, 3.8) is 0 Å². The fourth-order valence-electron chi connectivity index (χ4n) is 2.68. The third-order valence-electron chi connectivity index (χ3n) is 3.31. The molecule has 0 amide bonds. The first-order valence-electron chi connectivity index (χ1n) is 6.77. The van der Waals surface area contributed by atoms with Crippen LogP contribution in [0.5, 0.6) is 0 Å². The van der Waals surface area contributed by atoms with E-state index < -0.39 is 8.07 Å². The molecule has 1 aromatic rings. The van der Waals surface area contributed by atoms with E-state index in [0.29, 0.717) is 10.9 Å². The molecule has 94 valence electrons. The maximum absolute atomic E-state index is 2.52. The quantitative estimate of drug-likeness (QED) is 0.561. The van der Waals surface area contributed by atoms with Gasteiger partial charge >= 0.3 is 0 Å². The highest BCUT2D eigenvalue weighted by molar-refractivity contribution is 7.98. The molecule has 1 heterocycles. The molecule has 0 aliphatic carbocycles. The zero-order valence-electron chi connectivity index (χ0n) is 11.4. The minimum atomic E-state index is -0.907. The highest BCUT2D eigenvalue weighted by Gasteiger charge is 2.38. The van der Waals surface area contributed by atoms with Gasteiger partial charge in [0.2, 0.25) is 0 Å². The van der Waals surface area contributed by atoms with Gasteiger partial charge in [0.1, 0.15) is 19.1 Å². The van der Waals surface area contributed by atoms with E-state index in [9.17, 15) is 0 Å². The molecule has 1 saturated heterocycles. The first kappa shape index (κ1) is 13.2. The van der Waals surface area contributed by atoms with Crippen molar-refractivity contribution >= 4 is 19.0 Å². The Hall–Kier alpha value is -0.213. The fraction of sp³-hybridized carbons (Fsp3) is 0.600. The van der Waals surface area contributed by atoms with E-state index in [1.54, 1.807) is 5.56 Å². The third kappa shape index (κ3) is 3.89. The van der Waals surface area contributed by atoms with E-state index >= 15 is 0 Å². The van der Waals surface area contributed by atoms with Crippen molar-refractivity contribution in [2.45, 2.75) is 44.2 Å². The van der Waals surface area contributed by atoms with Crippen LogP contribution < -0.4 is 0 Å². The molecule has 1 aliphatic heterocycles. The molecule has 2 heteroatoms. The van der Waals surface area contributed by atoms with Gasteiger partial charge in [-0.05, 0) is 30.2 Å². The molecule has 1 fully saturated rings. The van der Waals surface area contributed by atoms with Crippen LogP contribution in [0.15, 0.2) is 30.3 Å². The summed E-state index contributed by atoms with van der Waals surface area (Å²) >= 11 is 0. The van der Waals surface area contributed by atoms with E-state index in [1.807, 2.05) is 0 Å². The van der Waals surface area contributed by atoms with Gasteiger partial charge in [0.25, 0.3) is 0 Å². The Labute approximate surface area is 110 Å². The maximum Gasteiger partial charge on any atom is 0.142 e. The average molecular weight is 266 g/mol. The summed E-state index contributed by atoms with van der Waals surface area (Å²) in [6.07, 6.45) is 4.34. The molecule has 2 atom stereocenters. The Kier molecular flexibility index (Phi) is 4.37. The van der Waals surface area contributed by atoms with Crippen LogP contribution in [-0.4, -0.2) is 19.2 Å². The van der Waals surface area contributed by atoms with E-state index in [0.717, 1.165) is 5.25 Å². The molecule has 0 aromatic heterocycles. The molecular weight excluding hydrogens is 240 g/mol. The first-order valence-corrected chi connectivity index (χ1v) is 12.1. The highest BCUT2D eigenvalue weighted by atomic mass is 32.2. The van der Waals surface area contributed by atoms with Gasteiger partial charge < -0.3 is 0 Å². The predicted molar refractivity (Wildman–Crippen MR) is 83.5 cm³/mol. The van der Waals surface area contributed by atoms with Gasteiger partial charge in [-0.15, -0.1) is 0 Å². The van der Waals surface area contributed by atoms with Crippen molar-refractivity contribution in [2.75, 3.05) is 11.1 Å². The van der Waals surface area contributed by atoms with Crippen LogP contribution >= 0.6 is 0 Å². The van der Waals surface area contributed by atoms with Gasteiger partial charge in [-0.1, -0.05) is 50.0 Å². The van der Waals surface area contributed by atoms with E-state index in [2.05, 4.69) is 50.0 Å². The molecule has 0 nitrogen and oxygen atoms in total. The topological polar surface area (TPSA) is 0 Å². The zero-order chi connectivity index (χ0) is 12.3. The highest BCUT2D eigenvalue weighted by Crippen LogP contribution is 2.36. The summed E-state index contributed by atoms with van der Waals surface area (Å²) in [5, 5.41) is 2.41. The Bertz CT molecular complexity index is 342. The summed E-state index contributed by atoms with van der Waals surface area (Å²) in [6.45, 7) is 7.57. The smallest absolute Gasteiger partial charge is 0.0653 e. The van der Waals surface area contributed by atoms with Gasteiger partial charge in [0, 0.05) is 5.56 Å². The second-order valence-electron chi connectivity index (χ2n) is 6.34. The largest absolute Gasteiger partial charge is 0.142 e. The van der Waals surface area contributed by atoms with Crippen molar-refractivity contribution in [3.8, 4) is 0 Å². The molecule has 0 saturated carbocycles. The van der Waals surface area contributed by atoms with Crippen molar-refractivity contribution in [2.24, 2.45) is 0 Å². The van der Waals surface area contributed by atoms with Gasteiger partial charge in [0.05, 0.1) is 5.38 Å². The molecule has 17 heavy (non-hydrogen) atoms. The van der Waals surface area contributed by atoms with Crippen LogP contribution in [-0.2, 0) is 10.9 Å². The lowest BCUT2D eigenvalue weighted by molar-refractivity contribution is 0.678. The standard InChI is InChI=1S/C15H25SSi/c1-17(2,3)13-16-12-8-7-11-15(16)14-9-5-4-6-10-14/h4-6,9-10,15H,7-8,11-13H2,1-3H3/q+1. The SMILES string of the molecule is C[Si](C)(C)C[S+]1CCCCC1c1ccccc1. The van der Waals surface area contributed by atoms with E-state index in [4.69, 9.17) is 0 Å². The minimum Gasteiger partial charge on any atom is -0.0653 e. The van der Waals surface area contributed by atoms with Crippen LogP contribution in [0, 0.1) is 0 Å². The summed E-state index contributed by atoms with van der Waals surface area (Å²) in [7, 11) is -0.248. The monoisotopic (exact) mass is 265 g/mol. The minimum absolute atomic E-state index is 0.659. The molecule has 0 N–H and O–H groups in total. The Morgan fingerprint density at radius 3 is 2.47 bits per heavy atom. The molecule has 0 spiro atoms. The lowest BCUT2D eigenvalue weighted by atomic mass is 10.1. The van der Waals surface area contributed by atoms with Gasteiger partial charge in [-0.2, -0.15) is 0 Å². The van der Waals surface area contributed by atoms with Gasteiger partial charge in [0.15, 0.2) is 0 Å². The maximum atomic E-state index is 2.52. The Balaban J connectivity index is 2.13. The van der Waals surface area contributed by atoms with Crippen LogP contribution in [0.2, 0.25) is 19.6 Å². The van der Waals surface area contributed by atoms with Gasteiger partial charge in [-0.25, -0.2) is 0 Å². The summed E-state index contributed by atoms with van der Waals surface area (Å²) in [5.41, 5.74) is 1.61. The summed E-state index contributed by atoms with van der Waals surface area (Å²) in [5.74, 6) is 1.49. The van der Waals surface area contributed by atoms with Crippen LogP contribution in [0.4, 0.5) is 0 Å². The number of hydrogen-bond acceptors (Lipinski definition) is 0. The normalized spacial score (nSPS) is 25.8. The molecular formula is C15H25SSi+. The van der Waals surface area contributed by atoms with Crippen molar-refractivity contribution in [3.05, 3.63) is 35.9 Å². The van der Waals surface area contributed by atoms with Crippen LogP contribution in [0.1, 0.15) is 30.1 Å². The number of benzene rings is 1. The van der Waals surface area contributed by atoms with Gasteiger partial charge in [-0.3, -0.25) is 0 Å². The molecule has 1 aliphatic rings. The summed E-state index contributed by atoms with van der Waals surface area (Å²) < 4.78 is 0. The first-order chi connectivity index (χ1) is 8.06. The lowest BCUT2D eigenvalue weighted by Crippen LogP contribution is -2.37. The summed E-state index contributed by atoms with van der Waals surface area (Å²) in [6, 6.07) is 11.3. The van der Waals surface area contributed by atoms with Crippen LogP contribution in [0.3, 0.4) is 0 Å². The Morgan fingerprint density at radius 2 is 1.82 bits per heavy atom. The van der Waals surface area contributed by atoms with E-state index in [-0.39, 0.29) is 0 Å². The fourth-order valence-corrected chi connectivity index (χ4v) is 10.4. The second kappa shape index (κ2) is 5.62. The molecule has 0 bridgehead atoms. The zero-order valence-corrected chi connectivity index (χ0v) is 13.2. The number of hydrogen-bond donors (Lipinski definition) is 0. The molecule has 1 aromatic carbocycles. The lowest BCUT2D eigenvalue weighted by Gasteiger charge is -2.27. The van der Waals surface area contributed by atoms with Crippen molar-refractivity contribution < 1.29 is 0 Å². The van der Waals surface area contributed by atoms with E-state index in [1.165, 1.54) is 30.4 Å². The van der Waals surface area contributed by atoms with Crippen molar-refractivity contribution in [1.82, 2.24) is 0 Å². The molecule has 2 unspecified atom stereocenters. The van der Waals surface area contributed by atoms with Crippen molar-refractivity contribution in [1.29, 1.82) is 0 Å². The number of rotatable bonds is 3.